The van der Waals surface area contributed by atoms with Gasteiger partial charge in [0.05, 0.1) is 0 Å². The van der Waals surface area contributed by atoms with Crippen molar-refractivity contribution in [3.05, 3.63) is 88.1 Å². The van der Waals surface area contributed by atoms with Gasteiger partial charge in [-0.1, -0.05) is 35.3 Å². The molecule has 0 aliphatic rings. The molecule has 1 amide bonds. The number of hydrogen-bond donors (Lipinski definition) is 1. The van der Waals surface area contributed by atoms with Gasteiger partial charge in [0.15, 0.2) is 5.76 Å². The van der Waals surface area contributed by atoms with Crippen LogP contribution in [0.25, 0.3) is 11.0 Å². The van der Waals surface area contributed by atoms with E-state index in [0.717, 1.165) is 10.9 Å². The lowest BCUT2D eigenvalue weighted by Crippen LogP contribution is -2.30. The molecule has 0 saturated carbocycles. The summed E-state index contributed by atoms with van der Waals surface area (Å²) in [4.78, 5) is 17.2. The first kappa shape index (κ1) is 17.6. The van der Waals surface area contributed by atoms with Crippen molar-refractivity contribution in [3.8, 4) is 0 Å². The monoisotopic (exact) mass is 399 g/mol. The Morgan fingerprint density at radius 2 is 1.85 bits per heavy atom. The molecule has 0 saturated heterocycles. The van der Waals surface area contributed by atoms with E-state index in [0.29, 0.717) is 21.5 Å². The third kappa shape index (κ3) is 3.56. The number of nitrogens with one attached hydrogen (secondary N) is 1. The number of amides is 1. The largest absolute Gasteiger partial charge is 0.451 e. The molecule has 136 valence electrons. The Kier molecular flexibility index (Phi) is 4.64. The Morgan fingerprint density at radius 1 is 1.11 bits per heavy atom. The van der Waals surface area contributed by atoms with Gasteiger partial charge in [0.1, 0.15) is 17.4 Å². The Hall–Kier alpha value is -2.76. The van der Waals surface area contributed by atoms with Crippen LogP contribution in [0.5, 0.6) is 0 Å². The van der Waals surface area contributed by atoms with Gasteiger partial charge in [-0.3, -0.25) is 4.79 Å². The van der Waals surface area contributed by atoms with Crippen LogP contribution in [0.15, 0.2) is 65.3 Å². The number of imidazole rings is 1. The number of hydrogen-bond acceptors (Lipinski definition) is 3. The van der Waals surface area contributed by atoms with E-state index in [1.165, 1.54) is 0 Å². The Labute approximate surface area is 165 Å². The first-order valence-electron chi connectivity index (χ1n) is 8.24. The molecule has 1 atom stereocenters. The minimum absolute atomic E-state index is 0.209. The van der Waals surface area contributed by atoms with Crippen molar-refractivity contribution in [3.63, 3.8) is 0 Å². The number of halogens is 2. The Balaban J connectivity index is 1.68. The molecule has 0 spiro atoms. The molecule has 0 radical (unpaired) electrons. The normalized spacial score (nSPS) is 12.3. The van der Waals surface area contributed by atoms with Crippen LogP contribution in [-0.4, -0.2) is 15.5 Å². The zero-order valence-corrected chi connectivity index (χ0v) is 15.8. The van der Waals surface area contributed by atoms with E-state index >= 15 is 0 Å². The smallest absolute Gasteiger partial charge is 0.287 e. The summed E-state index contributed by atoms with van der Waals surface area (Å²) >= 11 is 12.0. The molecule has 0 bridgehead atoms. The van der Waals surface area contributed by atoms with Gasteiger partial charge in [0.2, 0.25) is 0 Å². The van der Waals surface area contributed by atoms with Crippen molar-refractivity contribution in [2.45, 2.75) is 6.04 Å². The SMILES string of the molecule is Cn1ccnc1C(NC(=O)c1cc2cc(Cl)ccc2o1)c1ccc(Cl)cc1. The van der Waals surface area contributed by atoms with Gasteiger partial charge in [0, 0.05) is 34.9 Å². The average Bonchev–Trinajstić information content (AvgIpc) is 3.26. The van der Waals surface area contributed by atoms with Gasteiger partial charge in [-0.2, -0.15) is 0 Å². The fourth-order valence-corrected chi connectivity index (χ4v) is 3.24. The maximum absolute atomic E-state index is 12.9. The second-order valence-electron chi connectivity index (χ2n) is 6.15. The third-order valence-corrected chi connectivity index (χ3v) is 4.78. The molecule has 0 aliphatic heterocycles. The number of fused-ring (bicyclic) bond motifs is 1. The number of rotatable bonds is 4. The zero-order valence-electron chi connectivity index (χ0n) is 14.3. The summed E-state index contributed by atoms with van der Waals surface area (Å²) in [5, 5.41) is 4.98. The lowest BCUT2D eigenvalue weighted by molar-refractivity contribution is 0.0915. The minimum Gasteiger partial charge on any atom is -0.451 e. The Morgan fingerprint density at radius 3 is 2.56 bits per heavy atom. The topological polar surface area (TPSA) is 60.1 Å². The van der Waals surface area contributed by atoms with Crippen molar-refractivity contribution in [2.24, 2.45) is 7.05 Å². The van der Waals surface area contributed by atoms with E-state index in [9.17, 15) is 4.79 Å². The van der Waals surface area contributed by atoms with Gasteiger partial charge in [-0.25, -0.2) is 4.98 Å². The predicted molar refractivity (Wildman–Crippen MR) is 105 cm³/mol. The molecule has 7 heteroatoms. The maximum atomic E-state index is 12.9. The van der Waals surface area contributed by atoms with Crippen LogP contribution in [0, 0.1) is 0 Å². The molecule has 27 heavy (non-hydrogen) atoms. The van der Waals surface area contributed by atoms with Crippen molar-refractivity contribution in [1.82, 2.24) is 14.9 Å². The fourth-order valence-electron chi connectivity index (χ4n) is 2.94. The van der Waals surface area contributed by atoms with Crippen molar-refractivity contribution >= 4 is 40.1 Å². The number of nitrogens with zero attached hydrogens (tertiary/aromatic N) is 2. The second-order valence-corrected chi connectivity index (χ2v) is 7.02. The van der Waals surface area contributed by atoms with Crippen molar-refractivity contribution in [1.29, 1.82) is 0 Å². The maximum Gasteiger partial charge on any atom is 0.287 e. The molecular formula is C20H15Cl2N3O2. The molecule has 2 aromatic carbocycles. The van der Waals surface area contributed by atoms with Gasteiger partial charge >= 0.3 is 0 Å². The summed E-state index contributed by atoms with van der Waals surface area (Å²) in [6.07, 6.45) is 3.52. The van der Waals surface area contributed by atoms with Crippen LogP contribution in [-0.2, 0) is 7.05 Å². The number of aromatic nitrogens is 2. The summed E-state index contributed by atoms with van der Waals surface area (Å²) in [5.74, 6) is 0.565. The van der Waals surface area contributed by atoms with Gasteiger partial charge in [0.25, 0.3) is 5.91 Å². The van der Waals surface area contributed by atoms with Gasteiger partial charge in [-0.15, -0.1) is 0 Å². The van der Waals surface area contributed by atoms with Crippen LogP contribution in [0.3, 0.4) is 0 Å². The van der Waals surface area contributed by atoms with Crippen molar-refractivity contribution < 1.29 is 9.21 Å². The van der Waals surface area contributed by atoms with Crippen LogP contribution >= 0.6 is 23.2 Å². The zero-order chi connectivity index (χ0) is 19.0. The van der Waals surface area contributed by atoms with E-state index < -0.39 is 6.04 Å². The minimum atomic E-state index is -0.452. The molecule has 1 N–H and O–H groups in total. The summed E-state index contributed by atoms with van der Waals surface area (Å²) in [6.45, 7) is 0. The molecule has 5 nitrogen and oxygen atoms in total. The molecule has 4 rings (SSSR count). The highest BCUT2D eigenvalue weighted by atomic mass is 35.5. The summed E-state index contributed by atoms with van der Waals surface area (Å²) in [7, 11) is 1.88. The molecule has 0 aliphatic carbocycles. The molecule has 2 aromatic heterocycles. The molecule has 0 fully saturated rings. The average molecular weight is 400 g/mol. The number of aryl methyl sites for hydroxylation is 1. The van der Waals surface area contributed by atoms with Crippen LogP contribution < -0.4 is 5.32 Å². The number of carbonyl (C=O) groups excluding carboxylic acids is 1. The molecule has 4 aromatic rings. The highest BCUT2D eigenvalue weighted by molar-refractivity contribution is 6.31. The second kappa shape index (κ2) is 7.10. The predicted octanol–water partition coefficient (Wildman–Crippen LogP) is 4.99. The van der Waals surface area contributed by atoms with E-state index in [4.69, 9.17) is 27.6 Å². The summed E-state index contributed by atoms with van der Waals surface area (Å²) in [5.41, 5.74) is 1.46. The standard InChI is InChI=1S/C20H15Cl2N3O2/c1-25-9-8-23-19(25)18(12-2-4-14(21)5-3-12)24-20(26)17-11-13-10-15(22)6-7-16(13)27-17/h2-11,18H,1H3,(H,24,26). The Bertz CT molecular complexity index is 1120. The molecule has 1 unspecified atom stereocenters. The first-order chi connectivity index (χ1) is 13.0. The van der Waals surface area contributed by atoms with Gasteiger partial charge < -0.3 is 14.3 Å². The fraction of sp³-hybridized carbons (Fsp3) is 0.100. The quantitative estimate of drug-likeness (QED) is 0.525. The molecule has 2 heterocycles. The van der Waals surface area contributed by atoms with E-state index in [2.05, 4.69) is 10.3 Å². The van der Waals surface area contributed by atoms with Crippen LogP contribution in [0.4, 0.5) is 0 Å². The van der Waals surface area contributed by atoms with Gasteiger partial charge in [-0.05, 0) is 42.0 Å². The van der Waals surface area contributed by atoms with Crippen molar-refractivity contribution in [2.75, 3.05) is 0 Å². The lowest BCUT2D eigenvalue weighted by Gasteiger charge is -2.18. The highest BCUT2D eigenvalue weighted by Crippen LogP contribution is 2.26. The lowest BCUT2D eigenvalue weighted by atomic mass is 10.1. The van der Waals surface area contributed by atoms with E-state index in [-0.39, 0.29) is 11.7 Å². The number of furan rings is 1. The molecular weight excluding hydrogens is 385 g/mol. The van der Waals surface area contributed by atoms with Crippen LogP contribution in [0.1, 0.15) is 28.0 Å². The third-order valence-electron chi connectivity index (χ3n) is 4.30. The van der Waals surface area contributed by atoms with E-state index in [1.807, 2.05) is 29.9 Å². The van der Waals surface area contributed by atoms with Crippen LogP contribution in [0.2, 0.25) is 10.0 Å². The number of carbonyl (C=O) groups is 1. The summed E-state index contributed by atoms with van der Waals surface area (Å²) < 4.78 is 7.53. The van der Waals surface area contributed by atoms with E-state index in [1.54, 1.807) is 42.6 Å². The first-order valence-corrected chi connectivity index (χ1v) is 8.99. The number of benzene rings is 2. The summed E-state index contributed by atoms with van der Waals surface area (Å²) in [6, 6.07) is 13.7. The highest BCUT2D eigenvalue weighted by Gasteiger charge is 2.23.